The molecule has 1 aromatic heterocycles. The summed E-state index contributed by atoms with van der Waals surface area (Å²) in [6.45, 7) is 4.59. The molecule has 0 radical (unpaired) electrons. The van der Waals surface area contributed by atoms with Gasteiger partial charge < -0.3 is 10.1 Å². The topological polar surface area (TPSA) is 68.1 Å². The quantitative estimate of drug-likeness (QED) is 0.898. The van der Waals surface area contributed by atoms with Gasteiger partial charge in [0, 0.05) is 25.2 Å². The van der Waals surface area contributed by atoms with Crippen molar-refractivity contribution in [2.24, 2.45) is 0 Å². The van der Waals surface area contributed by atoms with Crippen LogP contribution in [0.3, 0.4) is 0 Å². The van der Waals surface area contributed by atoms with E-state index in [4.69, 9.17) is 4.74 Å². The van der Waals surface area contributed by atoms with E-state index in [9.17, 15) is 0 Å². The van der Waals surface area contributed by atoms with Crippen LogP contribution in [0, 0.1) is 0 Å². The van der Waals surface area contributed by atoms with Crippen molar-refractivity contribution in [3.8, 4) is 5.69 Å². The highest BCUT2D eigenvalue weighted by Crippen LogP contribution is 2.34. The number of aromatic nitrogens is 4. The number of anilines is 1. The van der Waals surface area contributed by atoms with E-state index in [2.05, 4.69) is 25.7 Å². The summed E-state index contributed by atoms with van der Waals surface area (Å²) in [6, 6.07) is 10.0. The summed E-state index contributed by atoms with van der Waals surface area (Å²) < 4.78 is 7.34. The lowest BCUT2D eigenvalue weighted by molar-refractivity contribution is -0.0319. The minimum atomic E-state index is 0.190. The van der Waals surface area contributed by atoms with Crippen LogP contribution in [0.5, 0.6) is 0 Å². The molecule has 1 saturated carbocycles. The standard InChI is InChI=1S/C18H26N6O/c1-3-7-16(8-4-1)24-17(20-21-22-24)19-15-18(9-5-2-6-10-18)23-11-13-25-14-12-23/h1,3-4,7-8H,2,5-6,9-15H2,(H,19,20,22). The number of nitrogens with one attached hydrogen (secondary N) is 1. The number of hydrogen-bond acceptors (Lipinski definition) is 6. The number of para-hydroxylation sites is 1. The molecule has 2 heterocycles. The predicted molar refractivity (Wildman–Crippen MR) is 95.9 cm³/mol. The van der Waals surface area contributed by atoms with Crippen LogP contribution >= 0.6 is 0 Å². The van der Waals surface area contributed by atoms with Crippen LogP contribution in [0.1, 0.15) is 32.1 Å². The van der Waals surface area contributed by atoms with Crippen molar-refractivity contribution in [2.75, 3.05) is 38.2 Å². The Hall–Kier alpha value is -1.99. The molecule has 4 rings (SSSR count). The van der Waals surface area contributed by atoms with E-state index in [1.54, 1.807) is 4.68 Å². The van der Waals surface area contributed by atoms with Crippen molar-refractivity contribution in [3.05, 3.63) is 30.3 Å². The molecule has 0 amide bonds. The zero-order chi connectivity index (χ0) is 17.0. The Kier molecular flexibility index (Phi) is 4.94. The molecule has 2 aromatic rings. The first kappa shape index (κ1) is 16.5. The summed E-state index contributed by atoms with van der Waals surface area (Å²) in [4.78, 5) is 2.62. The summed E-state index contributed by atoms with van der Waals surface area (Å²) in [7, 11) is 0. The second kappa shape index (κ2) is 7.49. The van der Waals surface area contributed by atoms with Gasteiger partial charge in [-0.15, -0.1) is 0 Å². The number of benzene rings is 1. The van der Waals surface area contributed by atoms with Crippen molar-refractivity contribution in [1.29, 1.82) is 0 Å². The minimum Gasteiger partial charge on any atom is -0.379 e. The third-order valence-corrected chi connectivity index (χ3v) is 5.51. The monoisotopic (exact) mass is 342 g/mol. The van der Waals surface area contributed by atoms with Crippen molar-refractivity contribution < 1.29 is 4.74 Å². The lowest BCUT2D eigenvalue weighted by Crippen LogP contribution is -2.58. The highest BCUT2D eigenvalue weighted by atomic mass is 16.5. The molecule has 134 valence electrons. The van der Waals surface area contributed by atoms with E-state index in [1.165, 1.54) is 32.1 Å². The zero-order valence-corrected chi connectivity index (χ0v) is 14.6. The number of morpholine rings is 1. The van der Waals surface area contributed by atoms with Crippen LogP contribution in [-0.4, -0.2) is 63.5 Å². The van der Waals surface area contributed by atoms with Gasteiger partial charge in [-0.1, -0.05) is 42.6 Å². The summed E-state index contributed by atoms with van der Waals surface area (Å²) in [6.07, 6.45) is 6.39. The molecule has 1 aliphatic carbocycles. The molecular formula is C18H26N6O. The average Bonchev–Trinajstić information content (AvgIpc) is 3.17. The summed E-state index contributed by atoms with van der Waals surface area (Å²) >= 11 is 0. The number of tetrazole rings is 1. The fraction of sp³-hybridized carbons (Fsp3) is 0.611. The highest BCUT2D eigenvalue weighted by Gasteiger charge is 2.38. The second-order valence-corrected chi connectivity index (χ2v) is 6.99. The van der Waals surface area contributed by atoms with Gasteiger partial charge in [-0.05, 0) is 35.4 Å². The van der Waals surface area contributed by atoms with Crippen molar-refractivity contribution in [1.82, 2.24) is 25.1 Å². The largest absolute Gasteiger partial charge is 0.379 e. The number of ether oxygens (including phenoxy) is 1. The maximum absolute atomic E-state index is 5.56. The molecule has 2 aliphatic rings. The molecule has 25 heavy (non-hydrogen) atoms. The Morgan fingerprint density at radius 2 is 1.80 bits per heavy atom. The van der Waals surface area contributed by atoms with Crippen LogP contribution in [0.25, 0.3) is 5.69 Å². The molecular weight excluding hydrogens is 316 g/mol. The van der Waals surface area contributed by atoms with Gasteiger partial charge in [0.25, 0.3) is 0 Å². The number of rotatable bonds is 5. The lowest BCUT2D eigenvalue weighted by atomic mass is 9.80. The molecule has 0 unspecified atom stereocenters. The number of hydrogen-bond donors (Lipinski definition) is 1. The predicted octanol–water partition coefficient (Wildman–Crippen LogP) is 2.11. The maximum Gasteiger partial charge on any atom is 0.247 e. The molecule has 1 N–H and O–H groups in total. The Morgan fingerprint density at radius 3 is 2.56 bits per heavy atom. The minimum absolute atomic E-state index is 0.190. The van der Waals surface area contributed by atoms with Gasteiger partial charge in [0.05, 0.1) is 18.9 Å². The van der Waals surface area contributed by atoms with E-state index in [1.807, 2.05) is 30.3 Å². The normalized spacial score (nSPS) is 21.1. The Balaban J connectivity index is 1.51. The van der Waals surface area contributed by atoms with Gasteiger partial charge in [-0.2, -0.15) is 4.68 Å². The molecule has 0 bridgehead atoms. The Bertz CT molecular complexity index is 661. The highest BCUT2D eigenvalue weighted by molar-refractivity contribution is 5.38. The van der Waals surface area contributed by atoms with Gasteiger partial charge in [0.15, 0.2) is 0 Å². The molecule has 1 saturated heterocycles. The van der Waals surface area contributed by atoms with Crippen molar-refractivity contribution in [2.45, 2.75) is 37.6 Å². The summed E-state index contributed by atoms with van der Waals surface area (Å²) in [5.41, 5.74) is 1.16. The lowest BCUT2D eigenvalue weighted by Gasteiger charge is -2.48. The fourth-order valence-electron chi connectivity index (χ4n) is 4.14. The van der Waals surface area contributed by atoms with Crippen LogP contribution in [0.15, 0.2) is 30.3 Å². The third kappa shape index (κ3) is 3.52. The van der Waals surface area contributed by atoms with E-state index < -0.39 is 0 Å². The first-order valence-corrected chi connectivity index (χ1v) is 9.28. The molecule has 7 heteroatoms. The number of nitrogens with zero attached hydrogens (tertiary/aromatic N) is 5. The van der Waals surface area contributed by atoms with Crippen molar-refractivity contribution in [3.63, 3.8) is 0 Å². The molecule has 2 fully saturated rings. The second-order valence-electron chi connectivity index (χ2n) is 6.99. The fourth-order valence-corrected chi connectivity index (χ4v) is 4.14. The molecule has 7 nitrogen and oxygen atoms in total. The summed E-state index contributed by atoms with van der Waals surface area (Å²) in [5.74, 6) is 0.712. The van der Waals surface area contributed by atoms with E-state index in [-0.39, 0.29) is 5.54 Å². The smallest absolute Gasteiger partial charge is 0.247 e. The van der Waals surface area contributed by atoms with Gasteiger partial charge in [0.1, 0.15) is 0 Å². The zero-order valence-electron chi connectivity index (χ0n) is 14.6. The molecule has 0 atom stereocenters. The first-order valence-electron chi connectivity index (χ1n) is 9.28. The van der Waals surface area contributed by atoms with Crippen molar-refractivity contribution >= 4 is 5.95 Å². The first-order chi connectivity index (χ1) is 12.4. The van der Waals surface area contributed by atoms with E-state index in [0.717, 1.165) is 38.5 Å². The molecule has 1 aromatic carbocycles. The molecule has 0 spiro atoms. The van der Waals surface area contributed by atoms with Gasteiger partial charge >= 0.3 is 0 Å². The SMILES string of the molecule is c1ccc(-n2nnnc2NCC2(N3CCOCC3)CCCCC2)cc1. The summed E-state index contributed by atoms with van der Waals surface area (Å²) in [5, 5.41) is 15.8. The van der Waals surface area contributed by atoms with E-state index in [0.29, 0.717) is 5.95 Å². The van der Waals surface area contributed by atoms with Gasteiger partial charge in [-0.3, -0.25) is 4.90 Å². The average molecular weight is 342 g/mol. The van der Waals surface area contributed by atoms with Crippen LogP contribution < -0.4 is 5.32 Å². The Labute approximate surface area is 148 Å². The van der Waals surface area contributed by atoms with E-state index >= 15 is 0 Å². The van der Waals surface area contributed by atoms with Gasteiger partial charge in [0.2, 0.25) is 5.95 Å². The van der Waals surface area contributed by atoms with Gasteiger partial charge in [-0.25, -0.2) is 0 Å². The van der Waals surface area contributed by atoms with Crippen LogP contribution in [0.2, 0.25) is 0 Å². The molecule has 1 aliphatic heterocycles. The Morgan fingerprint density at radius 1 is 1.04 bits per heavy atom. The van der Waals surface area contributed by atoms with Crippen LogP contribution in [-0.2, 0) is 4.74 Å². The van der Waals surface area contributed by atoms with Crippen LogP contribution in [0.4, 0.5) is 5.95 Å². The third-order valence-electron chi connectivity index (χ3n) is 5.51. The maximum atomic E-state index is 5.56.